The van der Waals surface area contributed by atoms with Crippen LogP contribution in [-0.4, -0.2) is 35.1 Å². The van der Waals surface area contributed by atoms with E-state index in [1.165, 1.54) is 18.2 Å². The Bertz CT molecular complexity index is 1070. The molecule has 156 valence electrons. The van der Waals surface area contributed by atoms with E-state index in [0.29, 0.717) is 17.0 Å². The Morgan fingerprint density at radius 2 is 1.93 bits per heavy atom. The molecule has 30 heavy (non-hydrogen) atoms. The fraction of sp³-hybridized carbons (Fsp3) is 0.200. The lowest BCUT2D eigenvalue weighted by molar-refractivity contribution is -0.0494. The summed E-state index contributed by atoms with van der Waals surface area (Å²) in [7, 11) is 0. The maximum Gasteiger partial charge on any atom is 0.387 e. The number of anilines is 1. The van der Waals surface area contributed by atoms with Crippen molar-refractivity contribution in [2.45, 2.75) is 20.5 Å². The molecule has 0 saturated carbocycles. The number of para-hydroxylation sites is 1. The highest BCUT2D eigenvalue weighted by Crippen LogP contribution is 2.33. The van der Waals surface area contributed by atoms with Gasteiger partial charge in [-0.2, -0.15) is 8.78 Å². The zero-order valence-electron chi connectivity index (χ0n) is 16.0. The smallest absolute Gasteiger partial charge is 0.387 e. The van der Waals surface area contributed by atoms with Crippen LogP contribution in [0.5, 0.6) is 5.75 Å². The maximum atomic E-state index is 12.6. The molecule has 0 bridgehead atoms. The molecule has 2 aromatic heterocycles. The van der Waals surface area contributed by atoms with Crippen molar-refractivity contribution in [2.75, 3.05) is 11.9 Å². The Kier molecular flexibility index (Phi) is 6.68. The van der Waals surface area contributed by atoms with Gasteiger partial charge in [-0.25, -0.2) is 14.8 Å². The Labute approximate surface area is 174 Å². The summed E-state index contributed by atoms with van der Waals surface area (Å²) in [6, 6.07) is 9.14. The van der Waals surface area contributed by atoms with Crippen molar-refractivity contribution in [2.24, 2.45) is 0 Å². The maximum absolute atomic E-state index is 12.6. The summed E-state index contributed by atoms with van der Waals surface area (Å²) in [5.74, 6) is -1.04. The van der Waals surface area contributed by atoms with Crippen LogP contribution in [0, 0.1) is 6.92 Å². The molecule has 2 heterocycles. The van der Waals surface area contributed by atoms with Gasteiger partial charge in [-0.3, -0.25) is 10.1 Å². The number of pyridine rings is 1. The molecular formula is C20H17F2N3O4S. The highest BCUT2D eigenvalue weighted by atomic mass is 32.1. The topological polar surface area (TPSA) is 90.4 Å². The summed E-state index contributed by atoms with van der Waals surface area (Å²) < 4.78 is 34.7. The average molecular weight is 433 g/mol. The number of amides is 1. The average Bonchev–Trinajstić information content (AvgIpc) is 3.16. The van der Waals surface area contributed by atoms with Gasteiger partial charge in [0.05, 0.1) is 23.6 Å². The number of rotatable bonds is 7. The number of ether oxygens (including phenoxy) is 2. The van der Waals surface area contributed by atoms with Crippen LogP contribution in [0.1, 0.15) is 33.5 Å². The molecule has 1 aromatic carbocycles. The van der Waals surface area contributed by atoms with Gasteiger partial charge >= 0.3 is 12.6 Å². The van der Waals surface area contributed by atoms with Gasteiger partial charge in [0.2, 0.25) is 0 Å². The predicted octanol–water partition coefficient (Wildman–Crippen LogP) is 4.54. The van der Waals surface area contributed by atoms with Crippen LogP contribution in [0.3, 0.4) is 0 Å². The van der Waals surface area contributed by atoms with E-state index in [9.17, 15) is 18.4 Å². The number of nitrogens with one attached hydrogen (secondary N) is 1. The van der Waals surface area contributed by atoms with Crippen LogP contribution < -0.4 is 10.1 Å². The van der Waals surface area contributed by atoms with E-state index in [4.69, 9.17) is 4.74 Å². The monoisotopic (exact) mass is 433 g/mol. The first-order valence-electron chi connectivity index (χ1n) is 8.85. The Morgan fingerprint density at radius 1 is 1.17 bits per heavy atom. The third kappa shape index (κ3) is 4.95. The van der Waals surface area contributed by atoms with Gasteiger partial charge in [0.1, 0.15) is 11.4 Å². The van der Waals surface area contributed by atoms with Crippen LogP contribution in [0.4, 0.5) is 13.9 Å². The minimum atomic E-state index is -2.96. The third-order valence-electron chi connectivity index (χ3n) is 3.92. The van der Waals surface area contributed by atoms with E-state index < -0.39 is 18.5 Å². The molecule has 0 aliphatic carbocycles. The molecule has 3 rings (SSSR count). The first-order valence-corrected chi connectivity index (χ1v) is 9.73. The van der Waals surface area contributed by atoms with Crippen molar-refractivity contribution in [3.8, 4) is 17.0 Å². The molecule has 10 heteroatoms. The fourth-order valence-corrected chi connectivity index (χ4v) is 3.31. The number of benzene rings is 1. The number of nitrogens with zero attached hydrogens (tertiary/aromatic N) is 2. The summed E-state index contributed by atoms with van der Waals surface area (Å²) >= 11 is 1.13. The van der Waals surface area contributed by atoms with Crippen LogP contribution in [0.2, 0.25) is 0 Å². The summed E-state index contributed by atoms with van der Waals surface area (Å²) in [5, 5.41) is 4.49. The second kappa shape index (κ2) is 9.40. The van der Waals surface area contributed by atoms with Crippen molar-refractivity contribution < 1.29 is 27.8 Å². The van der Waals surface area contributed by atoms with Gasteiger partial charge in [0.15, 0.2) is 5.13 Å². The van der Waals surface area contributed by atoms with Crippen molar-refractivity contribution in [1.29, 1.82) is 0 Å². The first-order chi connectivity index (χ1) is 14.4. The SMILES string of the molecule is CCOC(=O)c1ccc(C(=O)Nc2nc(-c3ccccc3OC(F)F)cs2)nc1C. The number of alkyl halides is 2. The van der Waals surface area contributed by atoms with Crippen molar-refractivity contribution in [3.05, 3.63) is 58.7 Å². The number of hydrogen-bond donors (Lipinski definition) is 1. The fourth-order valence-electron chi connectivity index (χ4n) is 2.61. The van der Waals surface area contributed by atoms with E-state index in [1.54, 1.807) is 37.4 Å². The van der Waals surface area contributed by atoms with E-state index in [1.807, 2.05) is 0 Å². The second-order valence-electron chi connectivity index (χ2n) is 5.92. The molecule has 0 aliphatic heterocycles. The molecule has 0 unspecified atom stereocenters. The molecule has 0 spiro atoms. The lowest BCUT2D eigenvalue weighted by atomic mass is 10.1. The second-order valence-corrected chi connectivity index (χ2v) is 6.77. The summed E-state index contributed by atoms with van der Waals surface area (Å²) in [5.41, 5.74) is 1.49. The molecule has 1 N–H and O–H groups in total. The van der Waals surface area contributed by atoms with Gasteiger partial charge in [0.25, 0.3) is 5.91 Å². The number of hydrogen-bond acceptors (Lipinski definition) is 7. The highest BCUT2D eigenvalue weighted by molar-refractivity contribution is 7.14. The van der Waals surface area contributed by atoms with Crippen molar-refractivity contribution in [3.63, 3.8) is 0 Å². The van der Waals surface area contributed by atoms with E-state index in [0.717, 1.165) is 11.3 Å². The summed E-state index contributed by atoms with van der Waals surface area (Å²) in [6.07, 6.45) is 0. The quantitative estimate of drug-likeness (QED) is 0.550. The van der Waals surface area contributed by atoms with Crippen LogP contribution in [-0.2, 0) is 4.74 Å². The minimum Gasteiger partial charge on any atom is -0.462 e. The number of carbonyl (C=O) groups is 2. The Balaban J connectivity index is 1.76. The number of aromatic nitrogens is 2. The van der Waals surface area contributed by atoms with Crippen LogP contribution in [0.25, 0.3) is 11.3 Å². The number of carbonyl (C=O) groups excluding carboxylic acids is 2. The van der Waals surface area contributed by atoms with E-state index in [2.05, 4.69) is 20.0 Å². The van der Waals surface area contributed by atoms with E-state index in [-0.39, 0.29) is 28.7 Å². The normalized spacial score (nSPS) is 10.7. The van der Waals surface area contributed by atoms with Gasteiger partial charge in [-0.1, -0.05) is 12.1 Å². The summed E-state index contributed by atoms with van der Waals surface area (Å²) in [6.45, 7) is 0.571. The molecule has 0 radical (unpaired) electrons. The summed E-state index contributed by atoms with van der Waals surface area (Å²) in [4.78, 5) is 32.7. The number of halogens is 2. The number of esters is 1. The zero-order chi connectivity index (χ0) is 21.7. The van der Waals surface area contributed by atoms with Crippen molar-refractivity contribution >= 4 is 28.3 Å². The molecule has 7 nitrogen and oxygen atoms in total. The standard InChI is InChI=1S/C20H17F2N3O4S/c1-3-28-18(27)12-8-9-14(23-11(12)2)17(26)25-20-24-15(10-30-20)13-6-4-5-7-16(13)29-19(21)22/h4-10,19H,3H2,1-2H3,(H,24,25,26). The molecule has 0 atom stereocenters. The van der Waals surface area contributed by atoms with Gasteiger partial charge in [0, 0.05) is 10.9 Å². The molecule has 1 amide bonds. The third-order valence-corrected chi connectivity index (χ3v) is 4.68. The Hall–Kier alpha value is -3.40. The van der Waals surface area contributed by atoms with Gasteiger partial charge in [-0.15, -0.1) is 11.3 Å². The predicted molar refractivity (Wildman–Crippen MR) is 107 cm³/mol. The largest absolute Gasteiger partial charge is 0.462 e. The molecule has 3 aromatic rings. The zero-order valence-corrected chi connectivity index (χ0v) is 16.8. The highest BCUT2D eigenvalue weighted by Gasteiger charge is 2.17. The molecular weight excluding hydrogens is 416 g/mol. The first kappa shape index (κ1) is 21.3. The van der Waals surface area contributed by atoms with Gasteiger partial charge in [-0.05, 0) is 38.1 Å². The van der Waals surface area contributed by atoms with Crippen molar-refractivity contribution in [1.82, 2.24) is 9.97 Å². The lowest BCUT2D eigenvalue weighted by Gasteiger charge is -2.08. The van der Waals surface area contributed by atoms with Crippen LogP contribution >= 0.6 is 11.3 Å². The number of thiazole rings is 1. The van der Waals surface area contributed by atoms with Gasteiger partial charge < -0.3 is 9.47 Å². The lowest BCUT2D eigenvalue weighted by Crippen LogP contribution is -2.16. The number of aryl methyl sites for hydroxylation is 1. The molecule has 0 aliphatic rings. The van der Waals surface area contributed by atoms with Crippen LogP contribution in [0.15, 0.2) is 41.8 Å². The Morgan fingerprint density at radius 3 is 2.63 bits per heavy atom. The minimum absolute atomic E-state index is 0.0116. The van der Waals surface area contributed by atoms with E-state index >= 15 is 0 Å². The molecule has 0 fully saturated rings. The molecule has 0 saturated heterocycles.